The zero-order valence-corrected chi connectivity index (χ0v) is 13.2. The van der Waals surface area contributed by atoms with Crippen LogP contribution in [-0.4, -0.2) is 17.6 Å². The van der Waals surface area contributed by atoms with Gasteiger partial charge in [0.15, 0.2) is 0 Å². The van der Waals surface area contributed by atoms with Gasteiger partial charge in [0.1, 0.15) is 0 Å². The van der Waals surface area contributed by atoms with Gasteiger partial charge in [-0.05, 0) is 24.0 Å². The van der Waals surface area contributed by atoms with Crippen molar-refractivity contribution in [1.29, 1.82) is 0 Å². The first-order chi connectivity index (χ1) is 10.9. The van der Waals surface area contributed by atoms with Crippen LogP contribution in [0.5, 0.6) is 0 Å². The molecule has 1 aromatic carbocycles. The van der Waals surface area contributed by atoms with Crippen LogP contribution in [0, 0.1) is 0 Å². The van der Waals surface area contributed by atoms with E-state index in [-0.39, 0.29) is 0 Å². The van der Waals surface area contributed by atoms with Crippen LogP contribution in [0.1, 0.15) is 61.7 Å². The number of hydrogen-bond donors (Lipinski definition) is 1. The summed E-state index contributed by atoms with van der Waals surface area (Å²) in [5.41, 5.74) is 3.06. The highest BCUT2D eigenvalue weighted by Gasteiger charge is 2.49. The molecule has 0 bridgehead atoms. The van der Waals surface area contributed by atoms with Crippen LogP contribution in [0.3, 0.4) is 0 Å². The molecule has 0 aromatic heterocycles. The predicted octanol–water partition coefficient (Wildman–Crippen LogP) is 4.49. The minimum Gasteiger partial charge on any atom is -0.290 e. The second kappa shape index (κ2) is 6.39. The van der Waals surface area contributed by atoms with Gasteiger partial charge in [0.05, 0.1) is 12.2 Å². The monoisotopic (exact) mass is 294 g/mol. The minimum absolute atomic E-state index is 0.546. The van der Waals surface area contributed by atoms with Crippen LogP contribution in [0.25, 0.3) is 0 Å². The molecule has 2 saturated heterocycles. The molecule has 2 nitrogen and oxygen atoms in total. The second-order valence-corrected chi connectivity index (χ2v) is 6.80. The number of nitrogens with one attached hydrogen (secondary N) is 1. The number of rotatable bonds is 0. The highest BCUT2D eigenvalue weighted by Crippen LogP contribution is 2.47. The lowest BCUT2D eigenvalue weighted by atomic mass is 9.90. The third kappa shape index (κ3) is 2.78. The fraction of sp³-hybridized carbons (Fsp3) is 0.500. The number of nitrogens with zero attached hydrogens (tertiary/aromatic N) is 1. The van der Waals surface area contributed by atoms with Crippen molar-refractivity contribution in [3.8, 4) is 0 Å². The molecule has 4 rings (SSSR count). The van der Waals surface area contributed by atoms with Gasteiger partial charge in [-0.25, -0.2) is 0 Å². The SMILES string of the molecule is c1ccccc2c(ccc1)C1NC1N1CCCCCCCC21. The molecule has 116 valence electrons. The van der Waals surface area contributed by atoms with Gasteiger partial charge in [-0.15, -0.1) is 0 Å². The molecule has 3 atom stereocenters. The Balaban J connectivity index is 1.78. The topological polar surface area (TPSA) is 25.2 Å². The average molecular weight is 294 g/mol. The number of hydrogen-bond acceptors (Lipinski definition) is 2. The van der Waals surface area contributed by atoms with Crippen molar-refractivity contribution >= 4 is 0 Å². The molecular formula is C20H26N2. The summed E-state index contributed by atoms with van der Waals surface area (Å²) in [7, 11) is 0. The molecule has 3 unspecified atom stereocenters. The zero-order valence-electron chi connectivity index (χ0n) is 13.2. The van der Waals surface area contributed by atoms with Crippen molar-refractivity contribution in [2.75, 3.05) is 6.54 Å². The Kier molecular flexibility index (Phi) is 4.13. The summed E-state index contributed by atoms with van der Waals surface area (Å²) < 4.78 is 0. The first-order valence-electron chi connectivity index (χ1n) is 8.89. The van der Waals surface area contributed by atoms with E-state index in [1.807, 2.05) is 0 Å². The Morgan fingerprint density at radius 1 is 0.773 bits per heavy atom. The summed E-state index contributed by atoms with van der Waals surface area (Å²) in [5.74, 6) is 0. The van der Waals surface area contributed by atoms with E-state index in [4.69, 9.17) is 0 Å². The molecule has 1 N–H and O–H groups in total. The van der Waals surface area contributed by atoms with Crippen molar-refractivity contribution in [1.82, 2.24) is 10.2 Å². The molecule has 3 aliphatic rings. The maximum absolute atomic E-state index is 3.72. The van der Waals surface area contributed by atoms with E-state index in [0.29, 0.717) is 18.2 Å². The quantitative estimate of drug-likeness (QED) is 0.713. The lowest BCUT2D eigenvalue weighted by molar-refractivity contribution is 0.160. The number of fused-ring (bicyclic) bond motifs is 6. The molecular weight excluding hydrogens is 268 g/mol. The predicted molar refractivity (Wildman–Crippen MR) is 90.9 cm³/mol. The van der Waals surface area contributed by atoms with Gasteiger partial charge < -0.3 is 0 Å². The Bertz CT molecular complexity index is 582. The van der Waals surface area contributed by atoms with Crippen molar-refractivity contribution in [2.45, 2.75) is 56.8 Å². The van der Waals surface area contributed by atoms with E-state index < -0.39 is 0 Å². The standard InChI is InChI=1S/C20H26N2/c1-2-5-9-13-17-16(12-8-4-1)18-14-10-6-3-7-11-15-22(18)20-19(17)21-20/h1-2,4-5,8-9,12-13,18-21H,3,6-7,10-11,14-15H2. The molecule has 1 aromatic rings. The smallest absolute Gasteiger partial charge is 0.0809 e. The second-order valence-electron chi connectivity index (χ2n) is 6.80. The Hall–Kier alpha value is -1.38. The third-order valence-corrected chi connectivity index (χ3v) is 5.34. The summed E-state index contributed by atoms with van der Waals surface area (Å²) in [4.78, 5) is 2.75. The first kappa shape index (κ1) is 14.2. The Morgan fingerprint density at radius 3 is 2.32 bits per heavy atom. The Labute approximate surface area is 133 Å². The lowest BCUT2D eigenvalue weighted by Gasteiger charge is -2.35. The van der Waals surface area contributed by atoms with Crippen LogP contribution in [0.15, 0.2) is 48.5 Å². The molecule has 3 aliphatic heterocycles. The molecule has 3 heterocycles. The summed E-state index contributed by atoms with van der Waals surface area (Å²) in [6.45, 7) is 1.25. The maximum atomic E-state index is 3.72. The molecule has 22 heavy (non-hydrogen) atoms. The summed E-state index contributed by atoms with van der Waals surface area (Å²) >= 11 is 0. The van der Waals surface area contributed by atoms with Gasteiger partial charge in [0.2, 0.25) is 0 Å². The van der Waals surface area contributed by atoms with Crippen LogP contribution < -0.4 is 5.32 Å². The third-order valence-electron chi connectivity index (χ3n) is 5.34. The van der Waals surface area contributed by atoms with Crippen molar-refractivity contribution in [2.24, 2.45) is 0 Å². The summed E-state index contributed by atoms with van der Waals surface area (Å²) in [5, 5.41) is 3.72. The lowest BCUT2D eigenvalue weighted by Crippen LogP contribution is -2.36. The minimum atomic E-state index is 0.546. The molecule has 0 saturated carbocycles. The van der Waals surface area contributed by atoms with Crippen molar-refractivity contribution in [3.05, 3.63) is 59.7 Å². The molecule has 0 amide bonds. The first-order valence-corrected chi connectivity index (χ1v) is 8.89. The van der Waals surface area contributed by atoms with Crippen molar-refractivity contribution in [3.63, 3.8) is 0 Å². The van der Waals surface area contributed by atoms with E-state index in [0.717, 1.165) is 0 Å². The van der Waals surface area contributed by atoms with E-state index in [2.05, 4.69) is 58.7 Å². The molecule has 0 spiro atoms. The van der Waals surface area contributed by atoms with Gasteiger partial charge in [-0.3, -0.25) is 10.2 Å². The highest BCUT2D eigenvalue weighted by atomic mass is 15.4. The Morgan fingerprint density at radius 2 is 1.45 bits per heavy atom. The molecule has 2 heteroatoms. The van der Waals surface area contributed by atoms with E-state index in [1.165, 1.54) is 50.6 Å². The van der Waals surface area contributed by atoms with Crippen molar-refractivity contribution < 1.29 is 0 Å². The van der Waals surface area contributed by atoms with Gasteiger partial charge >= 0.3 is 0 Å². The zero-order chi connectivity index (χ0) is 14.8. The van der Waals surface area contributed by atoms with Crippen LogP contribution >= 0.6 is 0 Å². The van der Waals surface area contributed by atoms with E-state index >= 15 is 0 Å². The fourth-order valence-corrected chi connectivity index (χ4v) is 4.18. The van der Waals surface area contributed by atoms with Gasteiger partial charge in [0.25, 0.3) is 0 Å². The fourth-order valence-electron chi connectivity index (χ4n) is 4.18. The van der Waals surface area contributed by atoms with E-state index in [9.17, 15) is 0 Å². The van der Waals surface area contributed by atoms with Crippen LogP contribution in [-0.2, 0) is 0 Å². The molecule has 0 radical (unpaired) electrons. The van der Waals surface area contributed by atoms with Gasteiger partial charge in [-0.1, -0.05) is 74.2 Å². The van der Waals surface area contributed by atoms with E-state index in [1.54, 1.807) is 5.56 Å². The van der Waals surface area contributed by atoms with Crippen LogP contribution in [0.4, 0.5) is 0 Å². The van der Waals surface area contributed by atoms with Crippen LogP contribution in [0.2, 0.25) is 0 Å². The molecule has 2 fully saturated rings. The van der Waals surface area contributed by atoms with Gasteiger partial charge in [0, 0.05) is 12.6 Å². The van der Waals surface area contributed by atoms with Gasteiger partial charge in [-0.2, -0.15) is 0 Å². The average Bonchev–Trinajstić information content (AvgIpc) is 3.31. The maximum Gasteiger partial charge on any atom is 0.0809 e. The summed E-state index contributed by atoms with van der Waals surface area (Å²) in [6, 6.07) is 18.7. The summed E-state index contributed by atoms with van der Waals surface area (Å²) in [6.07, 6.45) is 8.82. The highest BCUT2D eigenvalue weighted by molar-refractivity contribution is 5.38. The normalized spacial score (nSPS) is 30.5. The largest absolute Gasteiger partial charge is 0.290 e. The molecule has 0 aliphatic carbocycles.